The van der Waals surface area contributed by atoms with E-state index in [1.807, 2.05) is 26.6 Å². The Morgan fingerprint density at radius 1 is 1.14 bits per heavy atom. The summed E-state index contributed by atoms with van der Waals surface area (Å²) in [5.41, 5.74) is 5.36. The van der Waals surface area contributed by atoms with Crippen LogP contribution in [-0.4, -0.2) is 42.7 Å². The first-order valence-electron chi connectivity index (χ1n) is 10.3. The monoisotopic (exact) mass is 381 g/mol. The number of fused-ring (bicyclic) bond motifs is 1. The molecule has 1 unspecified atom stereocenters. The lowest BCUT2D eigenvalue weighted by atomic mass is 9.98. The van der Waals surface area contributed by atoms with Gasteiger partial charge in [0, 0.05) is 32.2 Å². The van der Waals surface area contributed by atoms with Gasteiger partial charge < -0.3 is 4.57 Å². The molecule has 2 aromatic heterocycles. The van der Waals surface area contributed by atoms with Crippen molar-refractivity contribution >= 4 is 11.0 Å². The molecule has 28 heavy (non-hydrogen) atoms. The summed E-state index contributed by atoms with van der Waals surface area (Å²) in [6, 6.07) is 4.72. The average molecular weight is 382 g/mol. The zero-order valence-corrected chi connectivity index (χ0v) is 17.6. The molecule has 0 spiro atoms. The van der Waals surface area contributed by atoms with E-state index in [0.29, 0.717) is 6.04 Å². The molecule has 0 radical (unpaired) electrons. The Morgan fingerprint density at radius 3 is 2.46 bits per heavy atom. The number of piperidine rings is 1. The molecule has 1 aromatic carbocycles. The van der Waals surface area contributed by atoms with Gasteiger partial charge in [-0.25, -0.2) is 9.78 Å². The molecule has 1 atom stereocenters. The van der Waals surface area contributed by atoms with E-state index in [0.717, 1.165) is 40.3 Å². The third kappa shape index (κ3) is 3.20. The number of nitrogens with zero attached hydrogens (tertiary/aromatic N) is 5. The zero-order valence-electron chi connectivity index (χ0n) is 17.6. The Kier molecular flexibility index (Phi) is 4.91. The number of aryl methyl sites for hydroxylation is 3. The van der Waals surface area contributed by atoms with E-state index in [1.165, 1.54) is 25.9 Å². The van der Waals surface area contributed by atoms with Crippen molar-refractivity contribution in [2.24, 2.45) is 20.0 Å². The number of likely N-dealkylation sites (tertiary alicyclic amines) is 1. The molecule has 6 heteroatoms. The summed E-state index contributed by atoms with van der Waals surface area (Å²) in [4.78, 5) is 19.4. The van der Waals surface area contributed by atoms with Crippen LogP contribution in [-0.2, 0) is 20.6 Å². The third-order valence-corrected chi connectivity index (χ3v) is 6.51. The summed E-state index contributed by atoms with van der Waals surface area (Å²) in [6.07, 6.45) is 6.46. The average Bonchev–Trinajstić information content (AvgIpc) is 3.21. The molecule has 0 saturated carbocycles. The summed E-state index contributed by atoms with van der Waals surface area (Å²) < 4.78 is 5.69. The number of hydrogen-bond acceptors (Lipinski definition) is 3. The Hall–Kier alpha value is -2.34. The quantitative estimate of drug-likeness (QED) is 0.697. The van der Waals surface area contributed by atoms with Crippen LogP contribution in [0.1, 0.15) is 32.3 Å². The molecule has 3 aromatic rings. The van der Waals surface area contributed by atoms with Crippen molar-refractivity contribution in [2.75, 3.05) is 13.1 Å². The van der Waals surface area contributed by atoms with Gasteiger partial charge in [0.1, 0.15) is 0 Å². The first-order valence-corrected chi connectivity index (χ1v) is 10.3. The van der Waals surface area contributed by atoms with Crippen LogP contribution < -0.4 is 5.69 Å². The van der Waals surface area contributed by atoms with Crippen LogP contribution in [0.25, 0.3) is 22.3 Å². The largest absolute Gasteiger partial charge is 0.329 e. The lowest BCUT2D eigenvalue weighted by molar-refractivity contribution is 0.135. The minimum absolute atomic E-state index is 0.00741. The molecule has 0 amide bonds. The van der Waals surface area contributed by atoms with E-state index in [9.17, 15) is 4.79 Å². The van der Waals surface area contributed by atoms with Gasteiger partial charge >= 0.3 is 5.69 Å². The first-order chi connectivity index (χ1) is 13.4. The summed E-state index contributed by atoms with van der Waals surface area (Å²) in [5, 5.41) is 0. The standard InChI is InChI=1S/C22H31N5O/c1-15-6-8-26(9-7-15)17(3)13-27-14-23-12-21(27)18-11-20-19(10-16(18)2)24(4)22(28)25(20)5/h10-12,14-15,17H,6-9,13H2,1-5H3. The fourth-order valence-electron chi connectivity index (χ4n) is 4.49. The minimum atomic E-state index is 0.00741. The van der Waals surface area contributed by atoms with E-state index >= 15 is 0 Å². The minimum Gasteiger partial charge on any atom is -0.329 e. The van der Waals surface area contributed by atoms with Crippen molar-refractivity contribution in [1.29, 1.82) is 0 Å². The Balaban J connectivity index is 1.66. The Labute approximate surface area is 166 Å². The highest BCUT2D eigenvalue weighted by Crippen LogP contribution is 2.28. The number of aromatic nitrogens is 4. The number of hydrogen-bond donors (Lipinski definition) is 0. The topological polar surface area (TPSA) is 48.0 Å². The predicted molar refractivity (Wildman–Crippen MR) is 114 cm³/mol. The SMILES string of the molecule is Cc1cc2c(cc1-c1cncn1CC(C)N1CCC(C)CC1)n(C)c(=O)n2C. The molecular formula is C22H31N5O. The molecule has 0 bridgehead atoms. The number of imidazole rings is 2. The van der Waals surface area contributed by atoms with Gasteiger partial charge in [-0.1, -0.05) is 6.92 Å². The second-order valence-corrected chi connectivity index (χ2v) is 8.56. The van der Waals surface area contributed by atoms with Crippen molar-refractivity contribution < 1.29 is 0 Å². The highest BCUT2D eigenvalue weighted by Gasteiger charge is 2.22. The fraction of sp³-hybridized carbons (Fsp3) is 0.545. The Morgan fingerprint density at radius 2 is 1.79 bits per heavy atom. The predicted octanol–water partition coefficient (Wildman–Crippen LogP) is 3.17. The van der Waals surface area contributed by atoms with Crippen LogP contribution in [0.5, 0.6) is 0 Å². The number of benzene rings is 1. The van der Waals surface area contributed by atoms with Crippen LogP contribution >= 0.6 is 0 Å². The van der Waals surface area contributed by atoms with Crippen molar-refractivity contribution in [3.05, 3.63) is 40.7 Å². The lowest BCUT2D eigenvalue weighted by Crippen LogP contribution is -2.41. The molecule has 6 nitrogen and oxygen atoms in total. The summed E-state index contributed by atoms with van der Waals surface area (Å²) in [6.45, 7) is 10.1. The summed E-state index contributed by atoms with van der Waals surface area (Å²) in [7, 11) is 3.66. The van der Waals surface area contributed by atoms with Crippen LogP contribution in [0.15, 0.2) is 29.5 Å². The number of rotatable bonds is 4. The van der Waals surface area contributed by atoms with E-state index in [-0.39, 0.29) is 5.69 Å². The van der Waals surface area contributed by atoms with E-state index < -0.39 is 0 Å². The van der Waals surface area contributed by atoms with Gasteiger partial charge in [0.25, 0.3) is 0 Å². The van der Waals surface area contributed by atoms with Crippen LogP contribution in [0.4, 0.5) is 0 Å². The maximum absolute atomic E-state index is 12.3. The van der Waals surface area contributed by atoms with Gasteiger partial charge in [0.15, 0.2) is 0 Å². The van der Waals surface area contributed by atoms with E-state index in [2.05, 4.69) is 47.4 Å². The lowest BCUT2D eigenvalue weighted by Gasteiger charge is -2.35. The van der Waals surface area contributed by atoms with Crippen molar-refractivity contribution in [2.45, 2.75) is 46.2 Å². The van der Waals surface area contributed by atoms with Crippen molar-refractivity contribution in [3.63, 3.8) is 0 Å². The van der Waals surface area contributed by atoms with Crippen molar-refractivity contribution in [3.8, 4) is 11.3 Å². The molecule has 3 heterocycles. The van der Waals surface area contributed by atoms with Gasteiger partial charge in [-0.2, -0.15) is 0 Å². The second-order valence-electron chi connectivity index (χ2n) is 8.56. The molecule has 1 aliphatic heterocycles. The highest BCUT2D eigenvalue weighted by molar-refractivity contribution is 5.84. The van der Waals surface area contributed by atoms with Gasteiger partial charge in [0.05, 0.1) is 29.3 Å². The van der Waals surface area contributed by atoms with Crippen molar-refractivity contribution in [1.82, 2.24) is 23.6 Å². The molecule has 0 aliphatic carbocycles. The third-order valence-electron chi connectivity index (χ3n) is 6.51. The Bertz CT molecular complexity index is 1050. The van der Waals surface area contributed by atoms with E-state index in [4.69, 9.17) is 0 Å². The van der Waals surface area contributed by atoms with Crippen LogP contribution in [0, 0.1) is 12.8 Å². The zero-order chi connectivity index (χ0) is 20.0. The van der Waals surface area contributed by atoms with E-state index in [1.54, 1.807) is 9.13 Å². The molecule has 4 rings (SSSR count). The van der Waals surface area contributed by atoms with Gasteiger partial charge in [0.2, 0.25) is 0 Å². The fourth-order valence-corrected chi connectivity index (χ4v) is 4.49. The highest BCUT2D eigenvalue weighted by atomic mass is 16.1. The van der Waals surface area contributed by atoms with Crippen LogP contribution in [0.3, 0.4) is 0 Å². The normalized spacial score (nSPS) is 17.5. The summed E-state index contributed by atoms with van der Waals surface area (Å²) in [5.74, 6) is 0.846. The molecule has 1 fully saturated rings. The molecule has 1 saturated heterocycles. The maximum atomic E-state index is 12.3. The summed E-state index contributed by atoms with van der Waals surface area (Å²) >= 11 is 0. The molecule has 1 aliphatic rings. The van der Waals surface area contributed by atoms with Gasteiger partial charge in [-0.15, -0.1) is 0 Å². The molecule has 0 N–H and O–H groups in total. The first kappa shape index (κ1) is 19.0. The second kappa shape index (κ2) is 7.24. The van der Waals surface area contributed by atoms with Gasteiger partial charge in [-0.3, -0.25) is 14.0 Å². The van der Waals surface area contributed by atoms with Gasteiger partial charge in [-0.05, 0) is 63.4 Å². The maximum Gasteiger partial charge on any atom is 0.328 e. The molecular weight excluding hydrogens is 350 g/mol. The van der Waals surface area contributed by atoms with Crippen LogP contribution in [0.2, 0.25) is 0 Å². The molecule has 150 valence electrons. The smallest absolute Gasteiger partial charge is 0.328 e.